The second-order valence-electron chi connectivity index (χ2n) is 11.7. The summed E-state index contributed by atoms with van der Waals surface area (Å²) in [5, 5.41) is 8.66. The molecule has 2 aromatic carbocycles. The number of nitrogens with zero attached hydrogens (tertiary/aromatic N) is 2. The highest BCUT2D eigenvalue weighted by Crippen LogP contribution is 2.37. The number of benzene rings is 2. The summed E-state index contributed by atoms with van der Waals surface area (Å²) in [4.78, 5) is 36.9. The second-order valence-corrected chi connectivity index (χ2v) is 11.7. The van der Waals surface area contributed by atoms with Crippen LogP contribution in [0.5, 0.6) is 0 Å². The molecule has 4 N–H and O–H groups in total. The first-order valence-corrected chi connectivity index (χ1v) is 15.2. The molecule has 45 heavy (non-hydrogen) atoms. The predicted molar refractivity (Wildman–Crippen MR) is 165 cm³/mol. The van der Waals surface area contributed by atoms with Crippen molar-refractivity contribution >= 4 is 40.4 Å². The summed E-state index contributed by atoms with van der Waals surface area (Å²) >= 11 is 0. The second kappa shape index (κ2) is 13.7. The number of aliphatic imine (C=N–C) groups is 1. The molecule has 0 unspecified atom stereocenters. The van der Waals surface area contributed by atoms with Crippen molar-refractivity contribution in [3.63, 3.8) is 0 Å². The van der Waals surface area contributed by atoms with Crippen LogP contribution < -0.4 is 16.0 Å². The Bertz CT molecular complexity index is 1620. The number of H-pyrrole nitrogens is 1. The third kappa shape index (κ3) is 8.62. The molecule has 0 saturated heterocycles. The molecule has 2 amide bonds. The Balaban J connectivity index is 1.14. The lowest BCUT2D eigenvalue weighted by atomic mass is 9.86. The number of aromatic amines is 1. The highest BCUT2D eigenvalue weighted by Gasteiger charge is 2.38. The van der Waals surface area contributed by atoms with E-state index in [1.165, 1.54) is 0 Å². The van der Waals surface area contributed by atoms with Gasteiger partial charge >= 0.3 is 0 Å². The van der Waals surface area contributed by atoms with E-state index < -0.39 is 17.8 Å². The van der Waals surface area contributed by atoms with Gasteiger partial charge in [0, 0.05) is 61.9 Å². The first-order chi connectivity index (χ1) is 21.5. The van der Waals surface area contributed by atoms with Gasteiger partial charge in [0.1, 0.15) is 5.82 Å². The standard InChI is InChI=1S/C33H36F4N6O2/c1-38-27-18-21(4-6-25(27)39-16-17-40-30(44)23-8-12-32(34,35)13-9-23)2-3-22-5-7-26-28(19-22)43-29(42-26)20-41-31(45)24-10-14-33(36,37)15-11-24/h4-7,16,18-19,23-24,38H,8-15,17,20H2,1H3,(H,40,44)(H,41,45)(H,42,43). The SMILES string of the molecule is CNc1cc(C#Cc2ccc3nc(CNC(=O)C4CCC(F)(F)CC4)[nH]c3c2)ccc1N=CCNC(=O)C1CCC(F)(F)CC1. The molecule has 0 bridgehead atoms. The summed E-state index contributed by atoms with van der Waals surface area (Å²) in [6, 6.07) is 11.1. The maximum atomic E-state index is 13.4. The molecule has 12 heteroatoms. The molecule has 2 aliphatic carbocycles. The predicted octanol–water partition coefficient (Wildman–Crippen LogP) is 6.09. The monoisotopic (exact) mass is 624 g/mol. The maximum Gasteiger partial charge on any atom is 0.248 e. The Morgan fingerprint density at radius 1 is 0.911 bits per heavy atom. The molecule has 1 aromatic heterocycles. The first-order valence-electron chi connectivity index (χ1n) is 15.2. The lowest BCUT2D eigenvalue weighted by Gasteiger charge is -2.27. The van der Waals surface area contributed by atoms with Gasteiger partial charge in [-0.15, -0.1) is 0 Å². The minimum atomic E-state index is -2.67. The van der Waals surface area contributed by atoms with E-state index in [-0.39, 0.29) is 82.2 Å². The van der Waals surface area contributed by atoms with Gasteiger partial charge in [-0.3, -0.25) is 14.6 Å². The van der Waals surface area contributed by atoms with Crippen LogP contribution in [0, 0.1) is 23.7 Å². The number of carbonyl (C=O) groups is 2. The Morgan fingerprint density at radius 3 is 2.11 bits per heavy atom. The van der Waals surface area contributed by atoms with Gasteiger partial charge in [-0.25, -0.2) is 22.5 Å². The highest BCUT2D eigenvalue weighted by molar-refractivity contribution is 5.83. The topological polar surface area (TPSA) is 111 Å². The highest BCUT2D eigenvalue weighted by atomic mass is 19.3. The summed E-state index contributed by atoms with van der Waals surface area (Å²) in [6.45, 7) is 0.375. The summed E-state index contributed by atoms with van der Waals surface area (Å²) < 4.78 is 53.5. The van der Waals surface area contributed by atoms with E-state index in [4.69, 9.17) is 0 Å². The number of amides is 2. The van der Waals surface area contributed by atoms with E-state index in [0.29, 0.717) is 11.5 Å². The number of aromatic nitrogens is 2. The van der Waals surface area contributed by atoms with Gasteiger partial charge in [0.05, 0.1) is 35.5 Å². The van der Waals surface area contributed by atoms with Crippen molar-refractivity contribution in [1.29, 1.82) is 0 Å². The quantitative estimate of drug-likeness (QED) is 0.138. The van der Waals surface area contributed by atoms with Crippen molar-refractivity contribution in [2.24, 2.45) is 16.8 Å². The average Bonchev–Trinajstić information content (AvgIpc) is 3.43. The van der Waals surface area contributed by atoms with Crippen LogP contribution >= 0.6 is 0 Å². The number of anilines is 1. The molecule has 2 fully saturated rings. The minimum absolute atomic E-state index is 0.178. The van der Waals surface area contributed by atoms with Crippen LogP contribution in [0.4, 0.5) is 28.9 Å². The van der Waals surface area contributed by atoms with E-state index in [0.717, 1.165) is 27.8 Å². The van der Waals surface area contributed by atoms with Crippen LogP contribution in [0.2, 0.25) is 0 Å². The van der Waals surface area contributed by atoms with Gasteiger partial charge in [0.15, 0.2) is 0 Å². The van der Waals surface area contributed by atoms with Crippen molar-refractivity contribution in [1.82, 2.24) is 20.6 Å². The molecule has 0 atom stereocenters. The molecular weight excluding hydrogens is 588 g/mol. The molecule has 0 spiro atoms. The summed E-state index contributed by atoms with van der Waals surface area (Å²) in [6.07, 6.45) is 1.29. The van der Waals surface area contributed by atoms with Crippen molar-refractivity contribution in [2.75, 3.05) is 18.9 Å². The van der Waals surface area contributed by atoms with Gasteiger partial charge in [-0.2, -0.15) is 0 Å². The zero-order chi connectivity index (χ0) is 32.0. The largest absolute Gasteiger partial charge is 0.386 e. The average molecular weight is 625 g/mol. The fourth-order valence-electron chi connectivity index (χ4n) is 5.65. The molecule has 0 aliphatic heterocycles. The van der Waals surface area contributed by atoms with E-state index >= 15 is 0 Å². The maximum absolute atomic E-state index is 13.4. The summed E-state index contributed by atoms with van der Waals surface area (Å²) in [5.74, 6) is 0.278. The number of halogens is 4. The molecule has 0 radical (unpaired) electrons. The fraction of sp³-hybridized carbons (Fsp3) is 0.455. The smallest absolute Gasteiger partial charge is 0.248 e. The summed E-state index contributed by atoms with van der Waals surface area (Å²) in [7, 11) is 1.77. The lowest BCUT2D eigenvalue weighted by Crippen LogP contribution is -2.36. The third-order valence-electron chi connectivity index (χ3n) is 8.35. The Morgan fingerprint density at radius 2 is 1.49 bits per heavy atom. The first kappa shape index (κ1) is 32.0. The number of fused-ring (bicyclic) bond motifs is 1. The number of hydrogen-bond donors (Lipinski definition) is 4. The van der Waals surface area contributed by atoms with E-state index in [2.05, 4.69) is 42.8 Å². The van der Waals surface area contributed by atoms with Crippen LogP contribution in [0.25, 0.3) is 11.0 Å². The molecule has 3 aromatic rings. The van der Waals surface area contributed by atoms with Crippen molar-refractivity contribution in [3.8, 4) is 11.8 Å². The van der Waals surface area contributed by atoms with Gasteiger partial charge in [-0.1, -0.05) is 11.8 Å². The number of imidazole rings is 1. The van der Waals surface area contributed by atoms with Gasteiger partial charge in [-0.05, 0) is 62.1 Å². The normalized spacial score (nSPS) is 18.3. The Kier molecular flexibility index (Phi) is 9.75. The van der Waals surface area contributed by atoms with E-state index in [1.807, 2.05) is 36.4 Å². The van der Waals surface area contributed by atoms with Crippen LogP contribution in [0.1, 0.15) is 68.3 Å². The zero-order valence-electron chi connectivity index (χ0n) is 25.0. The van der Waals surface area contributed by atoms with Gasteiger partial charge in [0.25, 0.3) is 0 Å². The van der Waals surface area contributed by atoms with Gasteiger partial charge < -0.3 is 20.9 Å². The molecule has 8 nitrogen and oxygen atoms in total. The molecule has 1 heterocycles. The number of alkyl halides is 4. The van der Waals surface area contributed by atoms with Crippen LogP contribution in [-0.2, 0) is 16.1 Å². The van der Waals surface area contributed by atoms with Crippen LogP contribution in [0.3, 0.4) is 0 Å². The van der Waals surface area contributed by atoms with Crippen molar-refractivity contribution in [2.45, 2.75) is 69.8 Å². The Hall–Kier alpha value is -4.40. The van der Waals surface area contributed by atoms with Gasteiger partial charge in [0.2, 0.25) is 23.7 Å². The number of nitrogens with one attached hydrogen (secondary N) is 4. The van der Waals surface area contributed by atoms with Crippen molar-refractivity contribution < 1.29 is 27.2 Å². The minimum Gasteiger partial charge on any atom is -0.386 e. The van der Waals surface area contributed by atoms with Crippen molar-refractivity contribution in [3.05, 3.63) is 53.3 Å². The van der Waals surface area contributed by atoms with E-state index in [9.17, 15) is 27.2 Å². The van der Waals surface area contributed by atoms with E-state index in [1.54, 1.807) is 13.3 Å². The number of hydrogen-bond acceptors (Lipinski definition) is 5. The number of carbonyl (C=O) groups excluding carboxylic acids is 2. The lowest BCUT2D eigenvalue weighted by molar-refractivity contribution is -0.130. The van der Waals surface area contributed by atoms with Crippen LogP contribution in [-0.4, -0.2) is 53.4 Å². The summed E-state index contributed by atoms with van der Waals surface area (Å²) in [5.41, 5.74) is 4.41. The molecule has 2 saturated carbocycles. The third-order valence-corrected chi connectivity index (χ3v) is 8.35. The number of rotatable bonds is 8. The molecule has 5 rings (SSSR count). The molecular formula is C33H36F4N6O2. The molecule has 238 valence electrons. The van der Waals surface area contributed by atoms with Crippen LogP contribution in [0.15, 0.2) is 41.4 Å². The Labute approximate surface area is 258 Å². The zero-order valence-corrected chi connectivity index (χ0v) is 25.0. The molecule has 2 aliphatic rings. The fourth-order valence-corrected chi connectivity index (χ4v) is 5.65.